The van der Waals surface area contributed by atoms with Crippen LogP contribution in [0, 0.1) is 0 Å². The van der Waals surface area contributed by atoms with Gasteiger partial charge in [0.15, 0.2) is 0 Å². The van der Waals surface area contributed by atoms with Crippen molar-refractivity contribution in [1.29, 1.82) is 0 Å². The van der Waals surface area contributed by atoms with Crippen molar-refractivity contribution in [2.75, 3.05) is 46.4 Å². The third-order valence-electron chi connectivity index (χ3n) is 2.12. The van der Waals surface area contributed by atoms with E-state index >= 15 is 0 Å². The van der Waals surface area contributed by atoms with Gasteiger partial charge in [-0.05, 0) is 7.05 Å². The van der Waals surface area contributed by atoms with Crippen LogP contribution in [-0.2, 0) is 4.84 Å². The summed E-state index contributed by atoms with van der Waals surface area (Å²) in [6.45, 7) is 10.2. The molecule has 1 fully saturated rings. The van der Waals surface area contributed by atoms with Crippen LogP contribution in [0.15, 0.2) is 0 Å². The van der Waals surface area contributed by atoms with Crippen LogP contribution in [0.5, 0.6) is 0 Å². The van der Waals surface area contributed by atoms with E-state index in [1.807, 2.05) is 13.8 Å². The molecule has 13 heavy (non-hydrogen) atoms. The molecule has 4 nitrogen and oxygen atoms in total. The average Bonchev–Trinajstić information content (AvgIpc) is 2.20. The predicted molar refractivity (Wildman–Crippen MR) is 55.4 cm³/mol. The highest BCUT2D eigenvalue weighted by Crippen LogP contribution is 1.97. The van der Waals surface area contributed by atoms with Gasteiger partial charge in [0.1, 0.15) is 0 Å². The normalized spacial score (nSPS) is 19.4. The minimum Gasteiger partial charge on any atom is -0.304 e. The summed E-state index contributed by atoms with van der Waals surface area (Å²) in [5.41, 5.74) is 0. The second kappa shape index (κ2) is 8.44. The Morgan fingerprint density at radius 3 is 2.15 bits per heavy atom. The van der Waals surface area contributed by atoms with Crippen molar-refractivity contribution in [3.8, 4) is 0 Å². The molecule has 0 spiro atoms. The predicted octanol–water partition coefficient (Wildman–Crippen LogP) is 0.150. The number of hydrogen-bond acceptors (Lipinski definition) is 4. The molecule has 4 heteroatoms. The van der Waals surface area contributed by atoms with Gasteiger partial charge in [0, 0.05) is 32.7 Å². The monoisotopic (exact) mass is 189 g/mol. The van der Waals surface area contributed by atoms with Gasteiger partial charge in [0.25, 0.3) is 0 Å². The van der Waals surface area contributed by atoms with Gasteiger partial charge in [-0.1, -0.05) is 13.8 Å². The van der Waals surface area contributed by atoms with Crippen molar-refractivity contribution >= 4 is 0 Å². The summed E-state index contributed by atoms with van der Waals surface area (Å²) < 4.78 is 0. The topological polar surface area (TPSA) is 41.7 Å². The average molecular weight is 189 g/mol. The lowest BCUT2D eigenvalue weighted by Gasteiger charge is -2.31. The van der Waals surface area contributed by atoms with Crippen molar-refractivity contribution in [2.45, 2.75) is 13.8 Å². The van der Waals surface area contributed by atoms with Crippen LogP contribution in [0.1, 0.15) is 13.8 Å². The number of piperazine rings is 1. The molecule has 0 bridgehead atoms. The zero-order chi connectivity index (χ0) is 10.1. The lowest BCUT2D eigenvalue weighted by Crippen LogP contribution is -2.45. The van der Waals surface area contributed by atoms with E-state index in [0.717, 1.165) is 32.7 Å². The molecule has 0 aromatic carbocycles. The van der Waals surface area contributed by atoms with E-state index in [0.29, 0.717) is 6.61 Å². The van der Waals surface area contributed by atoms with Crippen molar-refractivity contribution < 1.29 is 4.84 Å². The second-order valence-corrected chi connectivity index (χ2v) is 3.02. The molecule has 1 aliphatic heterocycles. The van der Waals surface area contributed by atoms with Crippen molar-refractivity contribution in [1.82, 2.24) is 9.80 Å². The van der Waals surface area contributed by atoms with Crippen LogP contribution < -0.4 is 5.90 Å². The van der Waals surface area contributed by atoms with Gasteiger partial charge in [0.05, 0.1) is 6.61 Å². The zero-order valence-electron chi connectivity index (χ0n) is 9.12. The molecule has 0 radical (unpaired) electrons. The van der Waals surface area contributed by atoms with Crippen LogP contribution in [0.4, 0.5) is 0 Å². The van der Waals surface area contributed by atoms with Crippen molar-refractivity contribution in [2.24, 2.45) is 5.90 Å². The highest BCUT2D eigenvalue weighted by molar-refractivity contribution is 4.68. The van der Waals surface area contributed by atoms with Crippen LogP contribution in [-0.4, -0.2) is 56.2 Å². The lowest BCUT2D eigenvalue weighted by molar-refractivity contribution is 0.0827. The fourth-order valence-corrected chi connectivity index (χ4v) is 1.25. The number of nitrogens with two attached hydrogens (primary N) is 1. The van der Waals surface area contributed by atoms with Gasteiger partial charge >= 0.3 is 0 Å². The largest absolute Gasteiger partial charge is 0.304 e. The Bertz CT molecular complexity index is 100. The molecule has 1 heterocycles. The van der Waals surface area contributed by atoms with Gasteiger partial charge in [0.2, 0.25) is 0 Å². The summed E-state index contributed by atoms with van der Waals surface area (Å²) in [6, 6.07) is 0. The number of hydrogen-bond donors (Lipinski definition) is 1. The highest BCUT2D eigenvalue weighted by atomic mass is 16.6. The second-order valence-electron chi connectivity index (χ2n) is 3.02. The molecule has 0 aliphatic carbocycles. The Kier molecular flexibility index (Phi) is 8.33. The first-order chi connectivity index (χ1) is 6.33. The number of nitrogens with zero attached hydrogens (tertiary/aromatic N) is 2. The minimum absolute atomic E-state index is 0.643. The quantitative estimate of drug-likeness (QED) is 0.642. The molecule has 1 rings (SSSR count). The minimum atomic E-state index is 0.643. The van der Waals surface area contributed by atoms with Gasteiger partial charge in [-0.2, -0.15) is 0 Å². The van der Waals surface area contributed by atoms with Crippen LogP contribution in [0.25, 0.3) is 0 Å². The first-order valence-corrected chi connectivity index (χ1v) is 5.05. The van der Waals surface area contributed by atoms with Crippen LogP contribution >= 0.6 is 0 Å². The third-order valence-corrected chi connectivity index (χ3v) is 2.12. The Morgan fingerprint density at radius 2 is 1.69 bits per heavy atom. The third kappa shape index (κ3) is 5.99. The summed E-state index contributed by atoms with van der Waals surface area (Å²) in [5.74, 6) is 4.94. The van der Waals surface area contributed by atoms with Gasteiger partial charge in [-0.3, -0.25) is 4.90 Å². The van der Waals surface area contributed by atoms with E-state index in [9.17, 15) is 0 Å². The maximum absolute atomic E-state index is 4.94. The fourth-order valence-electron chi connectivity index (χ4n) is 1.25. The molecule has 0 aromatic rings. The molecule has 1 saturated heterocycles. The van der Waals surface area contributed by atoms with Crippen molar-refractivity contribution in [3.63, 3.8) is 0 Å². The molecule has 0 atom stereocenters. The van der Waals surface area contributed by atoms with E-state index in [4.69, 9.17) is 5.90 Å². The molecule has 2 N–H and O–H groups in total. The molecular formula is C9H23N3O. The fraction of sp³-hybridized carbons (Fsp3) is 1.00. The Morgan fingerprint density at radius 1 is 1.15 bits per heavy atom. The highest BCUT2D eigenvalue weighted by Gasteiger charge is 2.12. The van der Waals surface area contributed by atoms with E-state index in [2.05, 4.69) is 21.7 Å². The molecule has 0 amide bonds. The van der Waals surface area contributed by atoms with Crippen LogP contribution in [0.2, 0.25) is 0 Å². The van der Waals surface area contributed by atoms with Gasteiger partial charge in [-0.15, -0.1) is 0 Å². The molecule has 0 saturated carbocycles. The van der Waals surface area contributed by atoms with Crippen molar-refractivity contribution in [3.05, 3.63) is 0 Å². The summed E-state index contributed by atoms with van der Waals surface area (Å²) in [7, 11) is 2.15. The first kappa shape index (κ1) is 12.8. The summed E-state index contributed by atoms with van der Waals surface area (Å²) in [5, 5.41) is 0. The Labute approximate surface area is 81.6 Å². The van der Waals surface area contributed by atoms with Gasteiger partial charge in [-0.25, -0.2) is 5.90 Å². The van der Waals surface area contributed by atoms with Gasteiger partial charge < -0.3 is 9.74 Å². The van der Waals surface area contributed by atoms with E-state index in [-0.39, 0.29) is 0 Å². The number of likely N-dealkylation sites (N-methyl/N-ethyl adjacent to an activating group) is 1. The zero-order valence-corrected chi connectivity index (χ0v) is 9.12. The summed E-state index contributed by atoms with van der Waals surface area (Å²) in [6.07, 6.45) is 0. The van der Waals surface area contributed by atoms with E-state index < -0.39 is 0 Å². The summed E-state index contributed by atoms with van der Waals surface area (Å²) >= 11 is 0. The smallest absolute Gasteiger partial charge is 0.0806 e. The molecule has 80 valence electrons. The molecule has 1 aliphatic rings. The Balaban J connectivity index is 0.000000671. The van der Waals surface area contributed by atoms with E-state index in [1.165, 1.54) is 0 Å². The van der Waals surface area contributed by atoms with E-state index in [1.54, 1.807) is 0 Å². The molecule has 0 unspecified atom stereocenters. The molecule has 0 aromatic heterocycles. The standard InChI is InChI=1S/C7H17N3O.C2H6/c1-9-2-4-10(5-3-9)6-7-11-8;1-2/h2-8H2,1H3;1-2H3. The summed E-state index contributed by atoms with van der Waals surface area (Å²) in [4.78, 5) is 9.22. The Hall–Kier alpha value is -0.160. The SMILES string of the molecule is CC.CN1CCN(CCON)CC1. The maximum atomic E-state index is 4.94. The first-order valence-electron chi connectivity index (χ1n) is 5.05. The number of rotatable bonds is 3. The molecular weight excluding hydrogens is 166 g/mol. The lowest BCUT2D eigenvalue weighted by atomic mass is 10.3. The maximum Gasteiger partial charge on any atom is 0.0806 e. The van der Waals surface area contributed by atoms with Crippen LogP contribution in [0.3, 0.4) is 0 Å².